The lowest BCUT2D eigenvalue weighted by Gasteiger charge is -2.05. The Bertz CT molecular complexity index is 480. The minimum absolute atomic E-state index is 0.0914. The lowest BCUT2D eigenvalue weighted by molar-refractivity contribution is 0.581. The van der Waals surface area contributed by atoms with Crippen LogP contribution in [0.3, 0.4) is 0 Å². The van der Waals surface area contributed by atoms with Crippen LogP contribution in [0.2, 0.25) is 0 Å². The molecule has 0 fully saturated rings. The van der Waals surface area contributed by atoms with Crippen LogP contribution in [-0.2, 0) is 0 Å². The second kappa shape index (κ2) is 6.58. The Morgan fingerprint density at radius 1 is 1.39 bits per heavy atom. The largest absolute Gasteiger partial charge is 0.378 e. The maximum Gasteiger partial charge on any atom is 0.169 e. The summed E-state index contributed by atoms with van der Waals surface area (Å²) in [6, 6.07) is 3.24. The van der Waals surface area contributed by atoms with Crippen molar-refractivity contribution in [1.29, 1.82) is 0 Å². The first-order valence-electron chi connectivity index (χ1n) is 5.39. The van der Waals surface area contributed by atoms with E-state index in [2.05, 4.69) is 25.9 Å². The van der Waals surface area contributed by atoms with Crippen molar-refractivity contribution in [3.8, 4) is 0 Å². The molecule has 1 aromatic rings. The third kappa shape index (κ3) is 4.52. The summed E-state index contributed by atoms with van der Waals surface area (Å²) >= 11 is 2.97. The van der Waals surface area contributed by atoms with Gasteiger partial charge in [0.15, 0.2) is 10.6 Å². The van der Waals surface area contributed by atoms with Crippen molar-refractivity contribution in [3.63, 3.8) is 0 Å². The lowest BCUT2D eigenvalue weighted by atomic mass is 10.2. The fourth-order valence-electron chi connectivity index (χ4n) is 1.22. The molecule has 3 nitrogen and oxygen atoms in total. The number of halogens is 3. The van der Waals surface area contributed by atoms with Crippen LogP contribution in [0, 0.1) is 17.6 Å². The van der Waals surface area contributed by atoms with Crippen LogP contribution in [0.1, 0.15) is 19.4 Å². The van der Waals surface area contributed by atoms with Gasteiger partial charge < -0.3 is 5.73 Å². The first kappa shape index (κ1) is 14.8. The van der Waals surface area contributed by atoms with Gasteiger partial charge in [0.05, 0.1) is 5.56 Å². The molecule has 1 rings (SSSR count). The van der Waals surface area contributed by atoms with Gasteiger partial charge in [0.2, 0.25) is 0 Å². The Hall–Kier alpha value is -1.30. The Balaban J connectivity index is 3.17. The molecule has 98 valence electrons. The summed E-state index contributed by atoms with van der Waals surface area (Å²) in [6.07, 6.45) is 0. The molecule has 0 saturated heterocycles. The van der Waals surface area contributed by atoms with Crippen molar-refractivity contribution in [1.82, 2.24) is 0 Å². The van der Waals surface area contributed by atoms with Crippen molar-refractivity contribution >= 4 is 26.5 Å². The quantitative estimate of drug-likeness (QED) is 0.520. The standard InChI is InChI=1S/C12H14BrF2N3/c1-7(2)6-17-11(18-12(13)16)9-4-3-8(14)5-10(9)15/h3-5,7H,6H2,1-2H3,(H2,16,17,18). The van der Waals surface area contributed by atoms with Gasteiger partial charge in [-0.05, 0) is 34.0 Å². The fourth-order valence-corrected chi connectivity index (χ4v) is 1.39. The molecule has 0 amide bonds. The zero-order valence-corrected chi connectivity index (χ0v) is 11.7. The van der Waals surface area contributed by atoms with Gasteiger partial charge in [-0.1, -0.05) is 13.8 Å². The van der Waals surface area contributed by atoms with Gasteiger partial charge in [-0.15, -0.1) is 0 Å². The highest BCUT2D eigenvalue weighted by Crippen LogP contribution is 2.12. The number of nitrogens with two attached hydrogens (primary N) is 1. The van der Waals surface area contributed by atoms with E-state index < -0.39 is 11.6 Å². The average Bonchev–Trinajstić information content (AvgIpc) is 2.24. The van der Waals surface area contributed by atoms with E-state index in [0.717, 1.165) is 12.1 Å². The minimum atomic E-state index is -0.713. The molecule has 18 heavy (non-hydrogen) atoms. The van der Waals surface area contributed by atoms with Crippen LogP contribution in [-0.4, -0.2) is 17.1 Å². The third-order valence-electron chi connectivity index (χ3n) is 1.99. The van der Waals surface area contributed by atoms with Crippen molar-refractivity contribution in [2.45, 2.75) is 13.8 Å². The third-order valence-corrected chi connectivity index (χ3v) is 2.17. The molecule has 0 aromatic heterocycles. The molecular formula is C12H14BrF2N3. The summed E-state index contributed by atoms with van der Waals surface area (Å²) in [6.45, 7) is 4.43. The molecule has 0 spiro atoms. The molecule has 0 aliphatic heterocycles. The van der Waals surface area contributed by atoms with Crippen LogP contribution in [0.4, 0.5) is 8.78 Å². The first-order chi connectivity index (χ1) is 8.40. The van der Waals surface area contributed by atoms with Gasteiger partial charge in [0.25, 0.3) is 0 Å². The number of benzene rings is 1. The summed E-state index contributed by atoms with van der Waals surface area (Å²) in [4.78, 5) is 8.09. The second-order valence-corrected chi connectivity index (χ2v) is 4.93. The molecule has 0 heterocycles. The predicted molar refractivity (Wildman–Crippen MR) is 73.1 cm³/mol. The Labute approximate surface area is 113 Å². The fraction of sp³-hybridized carbons (Fsp3) is 0.333. The molecule has 2 N–H and O–H groups in total. The van der Waals surface area contributed by atoms with Crippen LogP contribution < -0.4 is 5.73 Å². The predicted octanol–water partition coefficient (Wildman–Crippen LogP) is 3.08. The maximum atomic E-state index is 13.6. The van der Waals surface area contributed by atoms with E-state index >= 15 is 0 Å². The SMILES string of the molecule is CC(C)CN=C(N=C(N)Br)c1ccc(F)cc1F. The Morgan fingerprint density at radius 3 is 2.56 bits per heavy atom. The van der Waals surface area contributed by atoms with Gasteiger partial charge in [0, 0.05) is 12.6 Å². The lowest BCUT2D eigenvalue weighted by Crippen LogP contribution is -2.10. The number of rotatable bonds is 3. The number of aliphatic imine (C=N–C) groups is 2. The molecule has 0 radical (unpaired) electrons. The average molecular weight is 318 g/mol. The van der Waals surface area contributed by atoms with Gasteiger partial charge in [-0.2, -0.15) is 0 Å². The van der Waals surface area contributed by atoms with E-state index in [1.54, 1.807) is 0 Å². The molecule has 0 bridgehead atoms. The van der Waals surface area contributed by atoms with Gasteiger partial charge in [-0.25, -0.2) is 13.8 Å². The van der Waals surface area contributed by atoms with Gasteiger partial charge in [-0.3, -0.25) is 4.99 Å². The van der Waals surface area contributed by atoms with Crippen molar-refractivity contribution in [2.75, 3.05) is 6.54 Å². The zero-order valence-electron chi connectivity index (χ0n) is 10.1. The molecule has 6 heteroatoms. The number of nitrogens with zero attached hydrogens (tertiary/aromatic N) is 2. The van der Waals surface area contributed by atoms with Gasteiger partial charge >= 0.3 is 0 Å². The van der Waals surface area contributed by atoms with Crippen molar-refractivity contribution in [3.05, 3.63) is 35.4 Å². The molecule has 0 aliphatic rings. The highest BCUT2D eigenvalue weighted by atomic mass is 79.9. The first-order valence-corrected chi connectivity index (χ1v) is 6.19. The van der Waals surface area contributed by atoms with E-state index in [-0.39, 0.29) is 16.1 Å². The molecule has 1 aromatic carbocycles. The Kier molecular flexibility index (Phi) is 5.40. The highest BCUT2D eigenvalue weighted by molar-refractivity contribution is 9.18. The minimum Gasteiger partial charge on any atom is -0.378 e. The summed E-state index contributed by atoms with van der Waals surface area (Å²) in [5.41, 5.74) is 5.53. The summed E-state index contributed by atoms with van der Waals surface area (Å²) in [7, 11) is 0. The Morgan fingerprint density at radius 2 is 2.06 bits per heavy atom. The zero-order chi connectivity index (χ0) is 13.7. The molecule has 0 saturated carbocycles. The molecular weight excluding hydrogens is 304 g/mol. The molecule has 0 unspecified atom stereocenters. The monoisotopic (exact) mass is 317 g/mol. The van der Waals surface area contributed by atoms with Crippen molar-refractivity contribution < 1.29 is 8.78 Å². The van der Waals surface area contributed by atoms with E-state index in [4.69, 9.17) is 5.73 Å². The normalized spacial score (nSPS) is 13.2. The van der Waals surface area contributed by atoms with Crippen molar-refractivity contribution in [2.24, 2.45) is 21.6 Å². The maximum absolute atomic E-state index is 13.6. The van der Waals surface area contributed by atoms with E-state index in [1.807, 2.05) is 13.8 Å². The molecule has 0 aliphatic carbocycles. The number of amidine groups is 2. The van der Waals surface area contributed by atoms with Crippen LogP contribution >= 0.6 is 15.9 Å². The number of hydrogen-bond donors (Lipinski definition) is 1. The summed E-state index contributed by atoms with van der Waals surface area (Å²) in [5.74, 6) is -0.906. The van der Waals surface area contributed by atoms with Crippen LogP contribution in [0.15, 0.2) is 28.2 Å². The number of hydrogen-bond acceptors (Lipinski definition) is 1. The topological polar surface area (TPSA) is 50.7 Å². The highest BCUT2D eigenvalue weighted by Gasteiger charge is 2.10. The van der Waals surface area contributed by atoms with E-state index in [0.29, 0.717) is 12.5 Å². The smallest absolute Gasteiger partial charge is 0.169 e. The van der Waals surface area contributed by atoms with E-state index in [1.165, 1.54) is 6.07 Å². The molecule has 0 atom stereocenters. The van der Waals surface area contributed by atoms with Crippen LogP contribution in [0.5, 0.6) is 0 Å². The summed E-state index contributed by atoms with van der Waals surface area (Å²) < 4.78 is 26.6. The summed E-state index contributed by atoms with van der Waals surface area (Å²) in [5, 5.41) is 0. The van der Waals surface area contributed by atoms with E-state index in [9.17, 15) is 8.78 Å². The second-order valence-electron chi connectivity index (χ2n) is 4.12. The van der Waals surface area contributed by atoms with Crippen LogP contribution in [0.25, 0.3) is 0 Å². The van der Waals surface area contributed by atoms with Gasteiger partial charge in [0.1, 0.15) is 11.6 Å².